The number of nitrogens with zero attached hydrogens (tertiary/aromatic N) is 1. The van der Waals surface area contributed by atoms with Gasteiger partial charge in [0.25, 0.3) is 5.69 Å². The predicted molar refractivity (Wildman–Crippen MR) is 104 cm³/mol. The Morgan fingerprint density at radius 2 is 1.93 bits per heavy atom. The van der Waals surface area contributed by atoms with Gasteiger partial charge in [-0.05, 0) is 62.6 Å². The summed E-state index contributed by atoms with van der Waals surface area (Å²) in [5, 5.41) is 14.2. The molecule has 0 aliphatic carbocycles. The van der Waals surface area contributed by atoms with Gasteiger partial charge in [0.2, 0.25) is 0 Å². The van der Waals surface area contributed by atoms with E-state index in [4.69, 9.17) is 4.74 Å². The Bertz CT molecular complexity index is 943. The SMILES string of the molecule is COc1cc(C)c2c(c1)C(=CC(=O)c1ccc([N+](=O)[O-])cc1)NC(C)(C)C2. The second-order valence-electron chi connectivity index (χ2n) is 7.38. The first-order chi connectivity index (χ1) is 12.7. The van der Waals surface area contributed by atoms with Crippen LogP contribution in [0.1, 0.15) is 40.9 Å². The largest absolute Gasteiger partial charge is 0.497 e. The molecular formula is C21H22N2O4. The van der Waals surface area contributed by atoms with Crippen LogP contribution in [0.25, 0.3) is 5.70 Å². The van der Waals surface area contributed by atoms with Gasteiger partial charge >= 0.3 is 0 Å². The fourth-order valence-electron chi connectivity index (χ4n) is 3.37. The van der Waals surface area contributed by atoms with Crippen molar-refractivity contribution in [2.45, 2.75) is 32.7 Å². The molecule has 0 amide bonds. The van der Waals surface area contributed by atoms with Crippen molar-refractivity contribution in [1.82, 2.24) is 5.32 Å². The van der Waals surface area contributed by atoms with Crippen LogP contribution in [0.5, 0.6) is 5.75 Å². The second kappa shape index (κ2) is 6.87. The van der Waals surface area contributed by atoms with E-state index < -0.39 is 4.92 Å². The molecule has 0 atom stereocenters. The summed E-state index contributed by atoms with van der Waals surface area (Å²) in [5.41, 5.74) is 4.14. The average molecular weight is 366 g/mol. The monoisotopic (exact) mass is 366 g/mol. The summed E-state index contributed by atoms with van der Waals surface area (Å²) >= 11 is 0. The van der Waals surface area contributed by atoms with Gasteiger partial charge in [-0.2, -0.15) is 0 Å². The summed E-state index contributed by atoms with van der Waals surface area (Å²) in [6, 6.07) is 9.55. The lowest BCUT2D eigenvalue weighted by atomic mass is 9.83. The van der Waals surface area contributed by atoms with E-state index in [0.29, 0.717) is 5.56 Å². The Labute approximate surface area is 158 Å². The van der Waals surface area contributed by atoms with E-state index in [1.54, 1.807) is 13.2 Å². The van der Waals surface area contributed by atoms with Gasteiger partial charge in [-0.1, -0.05) is 0 Å². The van der Waals surface area contributed by atoms with Crippen molar-refractivity contribution in [3.8, 4) is 5.75 Å². The number of carbonyl (C=O) groups excluding carboxylic acids is 1. The third-order valence-electron chi connectivity index (χ3n) is 4.70. The fraction of sp³-hybridized carbons (Fsp3) is 0.286. The van der Waals surface area contributed by atoms with Crippen LogP contribution in [0.4, 0.5) is 5.69 Å². The van der Waals surface area contributed by atoms with Crippen molar-refractivity contribution >= 4 is 17.2 Å². The Balaban J connectivity index is 2.03. The summed E-state index contributed by atoms with van der Waals surface area (Å²) in [4.78, 5) is 23.0. The first kappa shape index (κ1) is 18.6. The van der Waals surface area contributed by atoms with Crippen LogP contribution in [-0.4, -0.2) is 23.4 Å². The molecule has 1 heterocycles. The topological polar surface area (TPSA) is 81.5 Å². The van der Waals surface area contributed by atoms with Gasteiger partial charge < -0.3 is 10.1 Å². The smallest absolute Gasteiger partial charge is 0.269 e. The molecule has 6 nitrogen and oxygen atoms in total. The van der Waals surface area contributed by atoms with E-state index in [1.165, 1.54) is 29.8 Å². The quantitative estimate of drug-likeness (QED) is 0.382. The van der Waals surface area contributed by atoms with Gasteiger partial charge in [-0.25, -0.2) is 0 Å². The minimum atomic E-state index is -0.483. The lowest BCUT2D eigenvalue weighted by Gasteiger charge is -2.36. The molecule has 6 heteroatoms. The normalized spacial score (nSPS) is 16.4. The van der Waals surface area contributed by atoms with E-state index in [-0.39, 0.29) is 17.0 Å². The number of methoxy groups -OCH3 is 1. The number of ether oxygens (including phenoxy) is 1. The molecule has 0 spiro atoms. The Kier molecular flexibility index (Phi) is 4.74. The molecule has 0 radical (unpaired) electrons. The lowest BCUT2D eigenvalue weighted by molar-refractivity contribution is -0.384. The highest BCUT2D eigenvalue weighted by Gasteiger charge is 2.29. The number of fused-ring (bicyclic) bond motifs is 1. The van der Waals surface area contributed by atoms with Gasteiger partial charge in [-0.3, -0.25) is 14.9 Å². The molecule has 0 saturated heterocycles. The van der Waals surface area contributed by atoms with Crippen LogP contribution in [0, 0.1) is 17.0 Å². The molecule has 0 fully saturated rings. The highest BCUT2D eigenvalue weighted by Crippen LogP contribution is 2.34. The number of benzene rings is 2. The second-order valence-corrected chi connectivity index (χ2v) is 7.38. The minimum absolute atomic E-state index is 0.0400. The number of hydrogen-bond donors (Lipinski definition) is 1. The predicted octanol–water partition coefficient (Wildman–Crippen LogP) is 4.06. The maximum Gasteiger partial charge on any atom is 0.269 e. The summed E-state index contributed by atoms with van der Waals surface area (Å²) in [5.74, 6) is 0.526. The zero-order valence-corrected chi connectivity index (χ0v) is 15.8. The number of nitrogens with one attached hydrogen (secondary N) is 1. The van der Waals surface area contributed by atoms with Crippen molar-refractivity contribution in [3.63, 3.8) is 0 Å². The number of aryl methyl sites for hydroxylation is 1. The minimum Gasteiger partial charge on any atom is -0.497 e. The molecule has 140 valence electrons. The van der Waals surface area contributed by atoms with Crippen molar-refractivity contribution in [3.05, 3.63) is 74.8 Å². The van der Waals surface area contributed by atoms with Crippen LogP contribution >= 0.6 is 0 Å². The van der Waals surface area contributed by atoms with Crippen molar-refractivity contribution in [2.75, 3.05) is 7.11 Å². The number of non-ortho nitro benzene ring substituents is 1. The van der Waals surface area contributed by atoms with Crippen LogP contribution < -0.4 is 10.1 Å². The molecule has 2 aromatic carbocycles. The third-order valence-corrected chi connectivity index (χ3v) is 4.70. The molecular weight excluding hydrogens is 344 g/mol. The number of nitro benzene ring substituents is 1. The van der Waals surface area contributed by atoms with Gasteiger partial charge in [0.05, 0.1) is 12.0 Å². The highest BCUT2D eigenvalue weighted by atomic mass is 16.6. The number of allylic oxidation sites excluding steroid dienone is 1. The zero-order chi connectivity index (χ0) is 19.8. The summed E-state index contributed by atoms with van der Waals surface area (Å²) < 4.78 is 5.38. The molecule has 0 aromatic heterocycles. The van der Waals surface area contributed by atoms with Gasteiger partial charge in [-0.15, -0.1) is 0 Å². The van der Waals surface area contributed by atoms with Crippen LogP contribution in [-0.2, 0) is 6.42 Å². The summed E-state index contributed by atoms with van der Waals surface area (Å²) in [6.07, 6.45) is 2.39. The van der Waals surface area contributed by atoms with Crippen molar-refractivity contribution in [2.24, 2.45) is 0 Å². The van der Waals surface area contributed by atoms with Gasteiger partial charge in [0.15, 0.2) is 5.78 Å². The van der Waals surface area contributed by atoms with E-state index in [2.05, 4.69) is 19.2 Å². The maximum absolute atomic E-state index is 12.7. The fourth-order valence-corrected chi connectivity index (χ4v) is 3.37. The molecule has 3 rings (SSSR count). The van der Waals surface area contributed by atoms with Crippen molar-refractivity contribution < 1.29 is 14.5 Å². The number of hydrogen-bond acceptors (Lipinski definition) is 5. The Morgan fingerprint density at radius 1 is 1.26 bits per heavy atom. The van der Waals surface area contributed by atoms with Crippen LogP contribution in [0.2, 0.25) is 0 Å². The molecule has 0 bridgehead atoms. The number of ketones is 1. The summed E-state index contributed by atoms with van der Waals surface area (Å²) in [7, 11) is 1.62. The molecule has 1 N–H and O–H groups in total. The molecule has 0 saturated carbocycles. The van der Waals surface area contributed by atoms with E-state index in [0.717, 1.165) is 29.0 Å². The lowest BCUT2D eigenvalue weighted by Crippen LogP contribution is -2.44. The first-order valence-electron chi connectivity index (χ1n) is 8.67. The van der Waals surface area contributed by atoms with Crippen molar-refractivity contribution in [1.29, 1.82) is 0 Å². The number of rotatable bonds is 4. The van der Waals surface area contributed by atoms with E-state index >= 15 is 0 Å². The van der Waals surface area contributed by atoms with Crippen LogP contribution in [0.15, 0.2) is 42.5 Å². The molecule has 0 unspecified atom stereocenters. The summed E-state index contributed by atoms with van der Waals surface area (Å²) in [6.45, 7) is 6.21. The Morgan fingerprint density at radius 3 is 2.52 bits per heavy atom. The van der Waals surface area contributed by atoms with E-state index in [1.807, 2.05) is 19.1 Å². The highest BCUT2D eigenvalue weighted by molar-refractivity contribution is 6.08. The maximum atomic E-state index is 12.7. The average Bonchev–Trinajstić information content (AvgIpc) is 2.61. The molecule has 27 heavy (non-hydrogen) atoms. The number of carbonyl (C=O) groups is 1. The third kappa shape index (κ3) is 3.84. The van der Waals surface area contributed by atoms with Gasteiger partial charge in [0, 0.05) is 40.6 Å². The molecule has 2 aromatic rings. The zero-order valence-electron chi connectivity index (χ0n) is 15.8. The molecule has 1 aliphatic heterocycles. The van der Waals surface area contributed by atoms with E-state index in [9.17, 15) is 14.9 Å². The first-order valence-corrected chi connectivity index (χ1v) is 8.67. The van der Waals surface area contributed by atoms with Gasteiger partial charge in [0.1, 0.15) is 5.75 Å². The Hall–Kier alpha value is -3.15. The standard InChI is InChI=1S/C21H22N2O4/c1-13-9-16(27-4)10-17-18(13)12-21(2,3)22-19(17)11-20(24)14-5-7-15(8-6-14)23(25)26/h5-11,22H,12H2,1-4H3. The van der Waals surface area contributed by atoms with Crippen LogP contribution in [0.3, 0.4) is 0 Å². The number of nitro groups is 1. The molecule has 1 aliphatic rings.